The molecule has 0 bridgehead atoms. The molecule has 0 saturated carbocycles. The molecule has 0 aliphatic carbocycles. The van der Waals surface area contributed by atoms with E-state index in [1.807, 2.05) is 18.2 Å². The molecule has 1 atom stereocenters. The first kappa shape index (κ1) is 30.1. The molecule has 0 fully saturated rings. The second-order valence-corrected chi connectivity index (χ2v) is 11.7. The maximum Gasteiger partial charge on any atom is 0.329 e. The van der Waals surface area contributed by atoms with Gasteiger partial charge in [-0.3, -0.25) is 9.59 Å². The van der Waals surface area contributed by atoms with E-state index in [1.54, 1.807) is 79.8 Å². The standard InChI is InChI=1S/C32H30N4O7S/c1-36(24-15-16-27-28(19-24)43-20-42-27)31(38)26(17-21-7-3-2-4-8-21)34-32(39)35-44(40,41)29-10-6-5-9-25(29)23-13-11-22(12-14-23)18-30(33)37/h2-16,19,26H,17-18,20H2,1H3,(H2,33,37)(H2,34,35,39)/t26-/m0/s1. The topological polar surface area (TPSA) is 157 Å². The summed E-state index contributed by atoms with van der Waals surface area (Å²) < 4.78 is 39.8. The van der Waals surface area contributed by atoms with E-state index in [4.69, 9.17) is 15.2 Å². The highest BCUT2D eigenvalue weighted by Crippen LogP contribution is 2.35. The van der Waals surface area contributed by atoms with Crippen LogP contribution in [0.25, 0.3) is 11.1 Å². The van der Waals surface area contributed by atoms with Gasteiger partial charge in [-0.25, -0.2) is 17.9 Å². The largest absolute Gasteiger partial charge is 0.454 e. The number of hydrogen-bond acceptors (Lipinski definition) is 7. The Morgan fingerprint density at radius 1 is 0.864 bits per heavy atom. The van der Waals surface area contributed by atoms with Crippen molar-refractivity contribution < 1.29 is 32.3 Å². The monoisotopic (exact) mass is 614 g/mol. The number of primary amides is 1. The van der Waals surface area contributed by atoms with Crippen LogP contribution in [0.15, 0.2) is 102 Å². The van der Waals surface area contributed by atoms with E-state index in [9.17, 15) is 22.8 Å². The number of fused-ring (bicyclic) bond motifs is 1. The highest BCUT2D eigenvalue weighted by atomic mass is 32.2. The third kappa shape index (κ3) is 6.98. The summed E-state index contributed by atoms with van der Waals surface area (Å²) in [6.45, 7) is 0.0764. The van der Waals surface area contributed by atoms with E-state index in [-0.39, 0.29) is 24.5 Å². The summed E-state index contributed by atoms with van der Waals surface area (Å²) in [5, 5.41) is 2.56. The summed E-state index contributed by atoms with van der Waals surface area (Å²) in [5.41, 5.74) is 8.11. The Morgan fingerprint density at radius 2 is 1.55 bits per heavy atom. The van der Waals surface area contributed by atoms with Crippen LogP contribution >= 0.6 is 0 Å². The Kier molecular flexibility index (Phi) is 8.81. The van der Waals surface area contributed by atoms with Crippen LogP contribution in [0.2, 0.25) is 0 Å². The first-order chi connectivity index (χ1) is 21.1. The zero-order valence-electron chi connectivity index (χ0n) is 23.7. The van der Waals surface area contributed by atoms with Gasteiger partial charge in [0.25, 0.3) is 10.0 Å². The summed E-state index contributed by atoms with van der Waals surface area (Å²) in [4.78, 5) is 39.3. The molecule has 0 saturated heterocycles. The van der Waals surface area contributed by atoms with Gasteiger partial charge < -0.3 is 25.4 Å². The lowest BCUT2D eigenvalue weighted by molar-refractivity contribution is -0.120. The number of benzene rings is 4. The molecule has 4 amide bonds. The van der Waals surface area contributed by atoms with Crippen LogP contribution in [-0.4, -0.2) is 46.1 Å². The molecule has 44 heavy (non-hydrogen) atoms. The minimum absolute atomic E-state index is 0.0503. The molecule has 4 N–H and O–H groups in total. The predicted octanol–water partition coefficient (Wildman–Crippen LogP) is 3.37. The van der Waals surface area contributed by atoms with Crippen molar-refractivity contribution >= 4 is 33.6 Å². The quantitative estimate of drug-likeness (QED) is 0.247. The van der Waals surface area contributed by atoms with Crippen LogP contribution in [0.5, 0.6) is 11.5 Å². The van der Waals surface area contributed by atoms with Crippen molar-refractivity contribution in [2.75, 3.05) is 18.7 Å². The normalized spacial score (nSPS) is 12.7. The maximum atomic E-state index is 13.7. The molecular weight excluding hydrogens is 584 g/mol. The fourth-order valence-electron chi connectivity index (χ4n) is 4.81. The maximum absolute atomic E-state index is 13.7. The Hall–Kier alpha value is -5.36. The van der Waals surface area contributed by atoms with E-state index < -0.39 is 33.9 Å². The summed E-state index contributed by atoms with van der Waals surface area (Å²) in [7, 11) is -2.83. The number of ether oxygens (including phenoxy) is 2. The Morgan fingerprint density at radius 3 is 2.27 bits per heavy atom. The van der Waals surface area contributed by atoms with E-state index in [0.717, 1.165) is 5.56 Å². The van der Waals surface area contributed by atoms with Crippen molar-refractivity contribution in [3.63, 3.8) is 0 Å². The van der Waals surface area contributed by atoms with Crippen LogP contribution in [0, 0.1) is 0 Å². The number of hydrogen-bond donors (Lipinski definition) is 3. The fraction of sp³-hybridized carbons (Fsp3) is 0.156. The van der Waals surface area contributed by atoms with Gasteiger partial charge in [-0.15, -0.1) is 0 Å². The van der Waals surface area contributed by atoms with Gasteiger partial charge in [0.05, 0.1) is 11.3 Å². The van der Waals surface area contributed by atoms with E-state index in [2.05, 4.69) is 10.0 Å². The zero-order valence-corrected chi connectivity index (χ0v) is 24.5. The smallest absolute Gasteiger partial charge is 0.329 e. The number of nitrogens with one attached hydrogen (secondary N) is 2. The van der Waals surface area contributed by atoms with Crippen LogP contribution in [-0.2, 0) is 32.5 Å². The van der Waals surface area contributed by atoms with Crippen LogP contribution in [0.1, 0.15) is 11.1 Å². The molecule has 0 aromatic heterocycles. The second kappa shape index (κ2) is 12.9. The lowest BCUT2D eigenvalue weighted by atomic mass is 10.0. The summed E-state index contributed by atoms with van der Waals surface area (Å²) in [6.07, 6.45) is 0.158. The molecule has 0 unspecified atom stereocenters. The SMILES string of the molecule is CN(C(=O)[C@H](Cc1ccccc1)NC(=O)NS(=O)(=O)c1ccccc1-c1ccc(CC(N)=O)cc1)c1ccc2c(c1)OCO2. The number of urea groups is 1. The summed E-state index contributed by atoms with van der Waals surface area (Å²) >= 11 is 0. The van der Waals surface area contributed by atoms with Gasteiger partial charge in [0, 0.05) is 30.8 Å². The van der Waals surface area contributed by atoms with Gasteiger partial charge in [-0.05, 0) is 34.9 Å². The number of nitrogens with two attached hydrogens (primary N) is 1. The van der Waals surface area contributed by atoms with Crippen molar-refractivity contribution in [3.8, 4) is 22.6 Å². The van der Waals surface area contributed by atoms with Gasteiger partial charge >= 0.3 is 6.03 Å². The number of nitrogens with zero attached hydrogens (tertiary/aromatic N) is 1. The molecule has 4 aromatic carbocycles. The minimum atomic E-state index is -4.38. The number of carbonyl (C=O) groups is 3. The van der Waals surface area contributed by atoms with E-state index >= 15 is 0 Å². The highest BCUT2D eigenvalue weighted by Gasteiger charge is 2.29. The number of likely N-dealkylation sites (N-methyl/N-ethyl adjacent to an activating group) is 1. The number of amides is 4. The van der Waals surface area contributed by atoms with Crippen molar-refractivity contribution in [3.05, 3.63) is 108 Å². The van der Waals surface area contributed by atoms with Crippen molar-refractivity contribution in [2.45, 2.75) is 23.8 Å². The van der Waals surface area contributed by atoms with E-state index in [0.29, 0.717) is 33.9 Å². The van der Waals surface area contributed by atoms with Gasteiger partial charge in [-0.1, -0.05) is 72.8 Å². The summed E-state index contributed by atoms with van der Waals surface area (Å²) in [6, 6.07) is 24.8. The molecule has 4 aromatic rings. The molecule has 11 nitrogen and oxygen atoms in total. The predicted molar refractivity (Wildman–Crippen MR) is 164 cm³/mol. The zero-order chi connectivity index (χ0) is 31.3. The van der Waals surface area contributed by atoms with Gasteiger partial charge in [0.2, 0.25) is 18.6 Å². The Labute approximate surface area is 254 Å². The average molecular weight is 615 g/mol. The van der Waals surface area contributed by atoms with Gasteiger partial charge in [0.15, 0.2) is 11.5 Å². The third-order valence-electron chi connectivity index (χ3n) is 7.01. The minimum Gasteiger partial charge on any atom is -0.454 e. The second-order valence-electron chi connectivity index (χ2n) is 10.1. The molecule has 12 heteroatoms. The van der Waals surface area contributed by atoms with Crippen LogP contribution in [0.3, 0.4) is 0 Å². The lowest BCUT2D eigenvalue weighted by Gasteiger charge is -2.25. The Bertz CT molecular complexity index is 1800. The van der Waals surface area contributed by atoms with E-state index in [1.165, 1.54) is 11.0 Å². The molecule has 1 aliphatic heterocycles. The molecular formula is C32H30N4O7S. The number of rotatable bonds is 10. The van der Waals surface area contributed by atoms with Crippen LogP contribution < -0.4 is 30.1 Å². The van der Waals surface area contributed by atoms with Crippen LogP contribution in [0.4, 0.5) is 10.5 Å². The van der Waals surface area contributed by atoms with Crippen molar-refractivity contribution in [1.29, 1.82) is 0 Å². The number of anilines is 1. The highest BCUT2D eigenvalue weighted by molar-refractivity contribution is 7.90. The van der Waals surface area contributed by atoms with Crippen molar-refractivity contribution in [1.82, 2.24) is 10.0 Å². The average Bonchev–Trinajstić information content (AvgIpc) is 3.48. The Balaban J connectivity index is 1.36. The first-order valence-corrected chi connectivity index (χ1v) is 15.1. The number of sulfonamides is 1. The molecule has 1 heterocycles. The number of carbonyl (C=O) groups excluding carboxylic acids is 3. The van der Waals surface area contributed by atoms with Gasteiger partial charge in [0.1, 0.15) is 6.04 Å². The molecule has 1 aliphatic rings. The molecule has 0 spiro atoms. The summed E-state index contributed by atoms with van der Waals surface area (Å²) in [5.74, 6) is 0.0820. The fourth-order valence-corrected chi connectivity index (χ4v) is 5.96. The third-order valence-corrected chi connectivity index (χ3v) is 8.40. The molecule has 5 rings (SSSR count). The first-order valence-electron chi connectivity index (χ1n) is 13.6. The lowest BCUT2D eigenvalue weighted by Crippen LogP contribution is -2.52. The molecule has 226 valence electrons. The van der Waals surface area contributed by atoms with Gasteiger partial charge in [-0.2, -0.15) is 0 Å². The van der Waals surface area contributed by atoms with Crippen molar-refractivity contribution in [2.24, 2.45) is 5.73 Å². The molecule has 0 radical (unpaired) electrons.